The lowest BCUT2D eigenvalue weighted by atomic mass is 9.75. The molecule has 0 saturated carbocycles. The summed E-state index contributed by atoms with van der Waals surface area (Å²) in [6, 6.07) is 3.83. The van der Waals surface area contributed by atoms with Gasteiger partial charge in [-0.2, -0.15) is 0 Å². The highest BCUT2D eigenvalue weighted by Gasteiger charge is 2.30. The molecule has 0 aromatic heterocycles. The van der Waals surface area contributed by atoms with Gasteiger partial charge >= 0.3 is 7.12 Å². The molecular weight excluding hydrogens is 382 g/mol. The number of ether oxygens (including phenoxy) is 1. The largest absolute Gasteiger partial charge is 0.497 e. The number of hydrogen-bond donors (Lipinski definition) is 4. The van der Waals surface area contributed by atoms with E-state index in [9.17, 15) is 19.6 Å². The van der Waals surface area contributed by atoms with Crippen LogP contribution in [0.4, 0.5) is 0 Å². The predicted octanol–water partition coefficient (Wildman–Crippen LogP) is 2.04. The SMILES string of the molecule is COc1ccc(C(=O)NC(CC(C)C)C(=O)NC(CC(C)C)B(O)O)c(Cl)c1. The number of rotatable bonds is 10. The highest BCUT2D eigenvalue weighted by molar-refractivity contribution is 6.43. The van der Waals surface area contributed by atoms with E-state index in [4.69, 9.17) is 16.3 Å². The molecule has 9 heteroatoms. The second kappa shape index (κ2) is 11.3. The van der Waals surface area contributed by atoms with Crippen LogP contribution in [0.3, 0.4) is 0 Å². The van der Waals surface area contributed by atoms with Gasteiger partial charge in [-0.1, -0.05) is 39.3 Å². The molecule has 0 heterocycles. The molecule has 0 bridgehead atoms. The molecule has 28 heavy (non-hydrogen) atoms. The number of benzene rings is 1. The van der Waals surface area contributed by atoms with Gasteiger partial charge in [-0.25, -0.2) is 0 Å². The normalized spacial score (nSPS) is 13.2. The second-order valence-electron chi connectivity index (χ2n) is 7.66. The van der Waals surface area contributed by atoms with Gasteiger partial charge in [-0.05, 0) is 42.9 Å². The van der Waals surface area contributed by atoms with Crippen LogP contribution in [-0.2, 0) is 4.79 Å². The molecule has 0 fully saturated rings. The zero-order valence-electron chi connectivity index (χ0n) is 17.0. The molecule has 0 aliphatic heterocycles. The smallest absolute Gasteiger partial charge is 0.475 e. The number of nitrogens with one attached hydrogen (secondary N) is 2. The van der Waals surface area contributed by atoms with Crippen molar-refractivity contribution < 1.29 is 24.4 Å². The van der Waals surface area contributed by atoms with Crippen LogP contribution in [-0.4, -0.2) is 48.1 Å². The van der Waals surface area contributed by atoms with Crippen LogP contribution in [0, 0.1) is 11.8 Å². The van der Waals surface area contributed by atoms with Crippen molar-refractivity contribution in [3.8, 4) is 5.75 Å². The minimum atomic E-state index is -1.68. The molecule has 0 aliphatic carbocycles. The highest BCUT2D eigenvalue weighted by atomic mass is 35.5. The van der Waals surface area contributed by atoms with E-state index >= 15 is 0 Å². The summed E-state index contributed by atoms with van der Waals surface area (Å²) >= 11 is 6.15. The third-order valence-corrected chi connectivity index (χ3v) is 4.48. The molecule has 0 saturated heterocycles. The van der Waals surface area contributed by atoms with Gasteiger partial charge in [0.05, 0.1) is 23.6 Å². The summed E-state index contributed by atoms with van der Waals surface area (Å²) in [4.78, 5) is 25.4. The third-order valence-electron chi connectivity index (χ3n) is 4.16. The summed E-state index contributed by atoms with van der Waals surface area (Å²) in [6.45, 7) is 7.69. The number of carbonyl (C=O) groups excluding carboxylic acids is 2. The van der Waals surface area contributed by atoms with E-state index in [0.717, 1.165) is 0 Å². The fourth-order valence-electron chi connectivity index (χ4n) is 2.79. The van der Waals surface area contributed by atoms with Gasteiger partial charge < -0.3 is 25.4 Å². The number of methoxy groups -OCH3 is 1. The molecule has 0 aliphatic rings. The van der Waals surface area contributed by atoms with Crippen molar-refractivity contribution in [1.29, 1.82) is 0 Å². The maximum absolute atomic E-state index is 12.7. The van der Waals surface area contributed by atoms with Crippen LogP contribution in [0.5, 0.6) is 5.75 Å². The van der Waals surface area contributed by atoms with Gasteiger partial charge in [0.2, 0.25) is 5.91 Å². The Morgan fingerprint density at radius 1 is 1.11 bits per heavy atom. The first-order valence-corrected chi connectivity index (χ1v) is 9.73. The fraction of sp³-hybridized carbons (Fsp3) is 0.579. The quantitative estimate of drug-likeness (QED) is 0.440. The maximum Gasteiger partial charge on any atom is 0.475 e. The minimum absolute atomic E-state index is 0.130. The Morgan fingerprint density at radius 2 is 1.71 bits per heavy atom. The summed E-state index contributed by atoms with van der Waals surface area (Å²) in [6.07, 6.45) is 0.789. The average molecular weight is 413 g/mol. The van der Waals surface area contributed by atoms with E-state index in [1.807, 2.05) is 27.7 Å². The lowest BCUT2D eigenvalue weighted by Crippen LogP contribution is -2.54. The van der Waals surface area contributed by atoms with E-state index in [1.54, 1.807) is 6.07 Å². The van der Waals surface area contributed by atoms with Crippen molar-refractivity contribution >= 4 is 30.5 Å². The standard InChI is InChI=1S/C19H30BClN2O5/c1-11(2)8-16(19(25)23-17(20(26)27)9-12(3)4)22-18(24)14-7-6-13(28-5)10-15(14)21/h6-7,10-12,16-17,26-27H,8-9H2,1-5H3,(H,22,24)(H,23,25). The van der Waals surface area contributed by atoms with Crippen molar-refractivity contribution in [2.24, 2.45) is 11.8 Å². The summed E-state index contributed by atoms with van der Waals surface area (Å²) in [7, 11) is -0.185. The number of amides is 2. The van der Waals surface area contributed by atoms with Crippen LogP contribution in [0.15, 0.2) is 18.2 Å². The second-order valence-corrected chi connectivity index (χ2v) is 8.07. The van der Waals surface area contributed by atoms with E-state index in [0.29, 0.717) is 18.6 Å². The van der Waals surface area contributed by atoms with Crippen molar-refractivity contribution in [3.63, 3.8) is 0 Å². The summed E-state index contributed by atoms with van der Waals surface area (Å²) in [5, 5.41) is 24.6. The Hall–Kier alpha value is -1.77. The van der Waals surface area contributed by atoms with Gasteiger partial charge in [0.1, 0.15) is 11.8 Å². The zero-order valence-corrected chi connectivity index (χ0v) is 17.8. The summed E-state index contributed by atoms with van der Waals surface area (Å²) < 4.78 is 5.07. The van der Waals surface area contributed by atoms with Crippen LogP contribution in [0.2, 0.25) is 5.02 Å². The fourth-order valence-corrected chi connectivity index (χ4v) is 3.05. The molecular formula is C19H30BClN2O5. The molecule has 2 atom stereocenters. The van der Waals surface area contributed by atoms with Crippen LogP contribution in [0.25, 0.3) is 0 Å². The van der Waals surface area contributed by atoms with Crippen molar-refractivity contribution in [3.05, 3.63) is 28.8 Å². The van der Waals surface area contributed by atoms with Crippen LogP contribution < -0.4 is 15.4 Å². The van der Waals surface area contributed by atoms with Crippen molar-refractivity contribution in [2.45, 2.75) is 52.5 Å². The van der Waals surface area contributed by atoms with Gasteiger partial charge in [-0.15, -0.1) is 0 Å². The lowest BCUT2D eigenvalue weighted by molar-refractivity contribution is -0.123. The molecule has 1 aromatic rings. The van der Waals surface area contributed by atoms with Crippen LogP contribution >= 0.6 is 11.6 Å². The monoisotopic (exact) mass is 412 g/mol. The Kier molecular flexibility index (Phi) is 9.79. The van der Waals surface area contributed by atoms with Crippen molar-refractivity contribution in [2.75, 3.05) is 7.11 Å². The first-order valence-electron chi connectivity index (χ1n) is 9.36. The first kappa shape index (κ1) is 24.3. The Balaban J connectivity index is 2.95. The molecule has 0 spiro atoms. The molecule has 1 rings (SSSR count). The van der Waals surface area contributed by atoms with Gasteiger partial charge in [0.25, 0.3) is 5.91 Å². The Morgan fingerprint density at radius 3 is 2.18 bits per heavy atom. The van der Waals surface area contributed by atoms with Gasteiger partial charge in [-0.3, -0.25) is 9.59 Å². The Bertz CT molecular complexity index is 670. The van der Waals surface area contributed by atoms with Crippen LogP contribution in [0.1, 0.15) is 50.9 Å². The summed E-state index contributed by atoms with van der Waals surface area (Å²) in [5.74, 6) is -0.965. The zero-order chi connectivity index (χ0) is 21.4. The molecule has 4 N–H and O–H groups in total. The Labute approximate surface area is 171 Å². The van der Waals surface area contributed by atoms with Gasteiger partial charge in [0, 0.05) is 0 Å². The topological polar surface area (TPSA) is 108 Å². The summed E-state index contributed by atoms with van der Waals surface area (Å²) in [5.41, 5.74) is 0.227. The van der Waals surface area contributed by atoms with E-state index in [2.05, 4.69) is 10.6 Å². The van der Waals surface area contributed by atoms with Crippen molar-refractivity contribution in [1.82, 2.24) is 10.6 Å². The average Bonchev–Trinajstić information content (AvgIpc) is 2.59. The van der Waals surface area contributed by atoms with Gasteiger partial charge in [0.15, 0.2) is 0 Å². The first-order chi connectivity index (χ1) is 13.0. The number of carbonyl (C=O) groups is 2. The van der Waals surface area contributed by atoms with E-state index in [1.165, 1.54) is 19.2 Å². The molecule has 1 aromatic carbocycles. The maximum atomic E-state index is 12.7. The molecule has 0 radical (unpaired) electrons. The predicted molar refractivity (Wildman–Crippen MR) is 110 cm³/mol. The van der Waals surface area contributed by atoms with E-state index < -0.39 is 30.9 Å². The number of halogens is 1. The third kappa shape index (κ3) is 7.69. The number of hydrogen-bond acceptors (Lipinski definition) is 5. The van der Waals surface area contributed by atoms with E-state index in [-0.39, 0.29) is 22.4 Å². The molecule has 156 valence electrons. The molecule has 7 nitrogen and oxygen atoms in total. The molecule has 2 amide bonds. The minimum Gasteiger partial charge on any atom is -0.497 e. The lowest BCUT2D eigenvalue weighted by Gasteiger charge is -2.25. The highest BCUT2D eigenvalue weighted by Crippen LogP contribution is 2.22. The molecule has 2 unspecified atom stereocenters.